The maximum absolute atomic E-state index is 4.73. The predicted molar refractivity (Wildman–Crippen MR) is 73.9 cm³/mol. The summed E-state index contributed by atoms with van der Waals surface area (Å²) in [6.45, 7) is 0. The molecule has 0 saturated heterocycles. The molecule has 3 rings (SSSR count). The normalized spacial score (nSPS) is 16.1. The fraction of sp³-hybridized carbons (Fsp3) is 0.462. The molecule has 1 aliphatic rings. The Bertz CT molecular complexity index is 518. The SMILES string of the molecule is CNc1cc(C2CCCC2)nc(-c2cncs2)n1. The van der Waals surface area contributed by atoms with Gasteiger partial charge in [-0.1, -0.05) is 12.8 Å². The molecular formula is C13H16N4S. The van der Waals surface area contributed by atoms with E-state index in [2.05, 4.69) is 21.4 Å². The van der Waals surface area contributed by atoms with Crippen LogP contribution in [0.4, 0.5) is 5.82 Å². The van der Waals surface area contributed by atoms with Crippen molar-refractivity contribution in [3.05, 3.63) is 23.5 Å². The first-order valence-electron chi connectivity index (χ1n) is 6.32. The summed E-state index contributed by atoms with van der Waals surface area (Å²) in [6, 6.07) is 2.08. The molecule has 0 aliphatic heterocycles. The Labute approximate surface area is 111 Å². The molecule has 2 heterocycles. The summed E-state index contributed by atoms with van der Waals surface area (Å²) in [5.41, 5.74) is 3.00. The van der Waals surface area contributed by atoms with Gasteiger partial charge in [-0.3, -0.25) is 4.98 Å². The maximum Gasteiger partial charge on any atom is 0.173 e. The number of thiazole rings is 1. The minimum absolute atomic E-state index is 0.603. The van der Waals surface area contributed by atoms with E-state index in [1.165, 1.54) is 31.4 Å². The summed E-state index contributed by atoms with van der Waals surface area (Å²) in [6.07, 6.45) is 6.97. The van der Waals surface area contributed by atoms with Crippen molar-refractivity contribution in [2.45, 2.75) is 31.6 Å². The van der Waals surface area contributed by atoms with Gasteiger partial charge in [0.15, 0.2) is 5.82 Å². The van der Waals surface area contributed by atoms with Crippen molar-refractivity contribution in [2.24, 2.45) is 0 Å². The van der Waals surface area contributed by atoms with Gasteiger partial charge in [0.25, 0.3) is 0 Å². The lowest BCUT2D eigenvalue weighted by molar-refractivity contribution is 0.696. The molecule has 4 nitrogen and oxygen atoms in total. The van der Waals surface area contributed by atoms with Gasteiger partial charge in [-0.25, -0.2) is 9.97 Å². The monoisotopic (exact) mass is 260 g/mol. The first kappa shape index (κ1) is 11.6. The smallest absolute Gasteiger partial charge is 0.173 e. The Balaban J connectivity index is 2.01. The number of hydrogen-bond acceptors (Lipinski definition) is 5. The third-order valence-electron chi connectivity index (χ3n) is 3.43. The molecule has 0 radical (unpaired) electrons. The molecule has 1 saturated carbocycles. The number of nitrogens with zero attached hydrogens (tertiary/aromatic N) is 3. The van der Waals surface area contributed by atoms with Crippen molar-refractivity contribution in [1.29, 1.82) is 0 Å². The van der Waals surface area contributed by atoms with Crippen LogP contribution in [0.5, 0.6) is 0 Å². The third kappa shape index (κ3) is 2.22. The average molecular weight is 260 g/mol. The van der Waals surface area contributed by atoms with Gasteiger partial charge in [0, 0.05) is 30.9 Å². The Morgan fingerprint density at radius 2 is 2.11 bits per heavy atom. The van der Waals surface area contributed by atoms with Crippen LogP contribution in [0.15, 0.2) is 17.8 Å². The molecule has 0 atom stereocenters. The zero-order valence-electron chi connectivity index (χ0n) is 10.4. The number of rotatable bonds is 3. The van der Waals surface area contributed by atoms with E-state index in [1.807, 2.05) is 18.8 Å². The number of hydrogen-bond donors (Lipinski definition) is 1. The Morgan fingerprint density at radius 1 is 1.28 bits per heavy atom. The third-order valence-corrected chi connectivity index (χ3v) is 4.20. The number of aromatic nitrogens is 3. The second-order valence-corrected chi connectivity index (χ2v) is 5.49. The van der Waals surface area contributed by atoms with Gasteiger partial charge >= 0.3 is 0 Å². The second kappa shape index (κ2) is 5.02. The highest BCUT2D eigenvalue weighted by molar-refractivity contribution is 7.13. The Kier molecular flexibility index (Phi) is 3.23. The van der Waals surface area contributed by atoms with Gasteiger partial charge in [0.05, 0.1) is 10.4 Å². The minimum Gasteiger partial charge on any atom is -0.373 e. The highest BCUT2D eigenvalue weighted by atomic mass is 32.1. The molecule has 5 heteroatoms. The van der Waals surface area contributed by atoms with E-state index >= 15 is 0 Å². The molecular weight excluding hydrogens is 244 g/mol. The van der Waals surface area contributed by atoms with Crippen LogP contribution in [0.1, 0.15) is 37.3 Å². The summed E-state index contributed by atoms with van der Waals surface area (Å²) in [5.74, 6) is 2.30. The summed E-state index contributed by atoms with van der Waals surface area (Å²) < 4.78 is 0. The Hall–Kier alpha value is -1.49. The van der Waals surface area contributed by atoms with Gasteiger partial charge < -0.3 is 5.32 Å². The fourth-order valence-corrected chi connectivity index (χ4v) is 3.01. The minimum atomic E-state index is 0.603. The quantitative estimate of drug-likeness (QED) is 0.920. The summed E-state index contributed by atoms with van der Waals surface area (Å²) in [4.78, 5) is 14.4. The predicted octanol–water partition coefficient (Wildman–Crippen LogP) is 3.30. The van der Waals surface area contributed by atoms with E-state index < -0.39 is 0 Å². The highest BCUT2D eigenvalue weighted by Gasteiger charge is 2.20. The van der Waals surface area contributed by atoms with Crippen LogP contribution < -0.4 is 5.32 Å². The molecule has 18 heavy (non-hydrogen) atoms. The Morgan fingerprint density at radius 3 is 2.78 bits per heavy atom. The van der Waals surface area contributed by atoms with E-state index in [4.69, 9.17) is 4.98 Å². The lowest BCUT2D eigenvalue weighted by atomic mass is 10.0. The molecule has 2 aromatic heterocycles. The van der Waals surface area contributed by atoms with Gasteiger partial charge in [0.1, 0.15) is 5.82 Å². The van der Waals surface area contributed by atoms with Crippen LogP contribution in [0, 0.1) is 0 Å². The van der Waals surface area contributed by atoms with Gasteiger partial charge in [-0.05, 0) is 12.8 Å². The lowest BCUT2D eigenvalue weighted by Gasteiger charge is -2.11. The van der Waals surface area contributed by atoms with Crippen molar-refractivity contribution in [2.75, 3.05) is 12.4 Å². The highest BCUT2D eigenvalue weighted by Crippen LogP contribution is 2.34. The zero-order chi connectivity index (χ0) is 12.4. The first-order valence-corrected chi connectivity index (χ1v) is 7.20. The summed E-state index contributed by atoms with van der Waals surface area (Å²) >= 11 is 1.58. The summed E-state index contributed by atoms with van der Waals surface area (Å²) in [5, 5.41) is 3.13. The van der Waals surface area contributed by atoms with Crippen molar-refractivity contribution < 1.29 is 0 Å². The number of nitrogens with one attached hydrogen (secondary N) is 1. The van der Waals surface area contributed by atoms with E-state index in [9.17, 15) is 0 Å². The molecule has 1 N–H and O–H groups in total. The van der Waals surface area contributed by atoms with Crippen LogP contribution >= 0.6 is 11.3 Å². The van der Waals surface area contributed by atoms with Crippen molar-refractivity contribution >= 4 is 17.2 Å². The molecule has 0 amide bonds. The zero-order valence-corrected chi connectivity index (χ0v) is 11.2. The fourth-order valence-electron chi connectivity index (χ4n) is 2.46. The molecule has 0 spiro atoms. The molecule has 0 aromatic carbocycles. The van der Waals surface area contributed by atoms with Crippen LogP contribution in [0.2, 0.25) is 0 Å². The van der Waals surface area contributed by atoms with Crippen molar-refractivity contribution in [1.82, 2.24) is 15.0 Å². The van der Waals surface area contributed by atoms with E-state index in [0.29, 0.717) is 5.92 Å². The maximum atomic E-state index is 4.73. The standard InChI is InChI=1S/C13H16N4S/c1-14-12-6-10(9-4-2-3-5-9)16-13(17-12)11-7-15-8-18-11/h6-9H,2-5H2,1H3,(H,14,16,17). The van der Waals surface area contributed by atoms with Crippen molar-refractivity contribution in [3.8, 4) is 10.7 Å². The van der Waals surface area contributed by atoms with Gasteiger partial charge in [-0.15, -0.1) is 11.3 Å². The van der Waals surface area contributed by atoms with E-state index in [0.717, 1.165) is 16.5 Å². The number of anilines is 1. The van der Waals surface area contributed by atoms with Crippen LogP contribution in [0.25, 0.3) is 10.7 Å². The topological polar surface area (TPSA) is 50.7 Å². The molecule has 1 fully saturated rings. The molecule has 94 valence electrons. The van der Waals surface area contributed by atoms with Crippen LogP contribution in [-0.4, -0.2) is 22.0 Å². The van der Waals surface area contributed by atoms with Gasteiger partial charge in [-0.2, -0.15) is 0 Å². The first-order chi connectivity index (χ1) is 8.86. The van der Waals surface area contributed by atoms with Crippen LogP contribution in [0.3, 0.4) is 0 Å². The van der Waals surface area contributed by atoms with Gasteiger partial charge in [0.2, 0.25) is 0 Å². The van der Waals surface area contributed by atoms with E-state index in [-0.39, 0.29) is 0 Å². The molecule has 2 aromatic rings. The average Bonchev–Trinajstić information content (AvgIpc) is 3.10. The second-order valence-electron chi connectivity index (χ2n) is 4.60. The molecule has 1 aliphatic carbocycles. The molecule has 0 unspecified atom stereocenters. The largest absolute Gasteiger partial charge is 0.373 e. The van der Waals surface area contributed by atoms with Crippen molar-refractivity contribution in [3.63, 3.8) is 0 Å². The van der Waals surface area contributed by atoms with E-state index in [1.54, 1.807) is 11.3 Å². The lowest BCUT2D eigenvalue weighted by Crippen LogP contribution is -2.03. The summed E-state index contributed by atoms with van der Waals surface area (Å²) in [7, 11) is 1.90. The van der Waals surface area contributed by atoms with Crippen LogP contribution in [-0.2, 0) is 0 Å². The molecule has 0 bridgehead atoms.